The van der Waals surface area contributed by atoms with Crippen LogP contribution in [0.1, 0.15) is 54.8 Å². The minimum Gasteiger partial charge on any atom is -0.355 e. The van der Waals surface area contributed by atoms with Crippen LogP contribution in [-0.4, -0.2) is 59.6 Å². The summed E-state index contributed by atoms with van der Waals surface area (Å²) >= 11 is 0. The number of likely N-dealkylation sites (N-methyl/N-ethyl adjacent to an activating group) is 1. The van der Waals surface area contributed by atoms with Gasteiger partial charge in [-0.3, -0.25) is 9.59 Å². The Balaban J connectivity index is 1.53. The normalized spacial score (nSPS) is 14.4. The first-order valence-corrected chi connectivity index (χ1v) is 13.9. The molecule has 1 aliphatic carbocycles. The van der Waals surface area contributed by atoms with Crippen LogP contribution in [0.4, 0.5) is 5.69 Å². The van der Waals surface area contributed by atoms with E-state index < -0.39 is 0 Å². The number of benzene rings is 2. The molecule has 0 bridgehead atoms. The third kappa shape index (κ3) is 7.05. The number of carbonyl (C=O) groups excluding carboxylic acids is 2. The molecule has 0 radical (unpaired) electrons. The van der Waals surface area contributed by atoms with Crippen LogP contribution in [0.25, 0.3) is 11.4 Å². The monoisotopic (exact) mass is 531 g/mol. The van der Waals surface area contributed by atoms with Gasteiger partial charge in [-0.2, -0.15) is 4.98 Å². The van der Waals surface area contributed by atoms with Crippen molar-refractivity contribution in [2.45, 2.75) is 66.3 Å². The lowest BCUT2D eigenvalue weighted by atomic mass is 10.1. The number of nitrogens with zero attached hydrogens (tertiary/aromatic N) is 4. The van der Waals surface area contributed by atoms with Gasteiger partial charge in [0.15, 0.2) is 0 Å². The van der Waals surface area contributed by atoms with Crippen LogP contribution in [-0.2, 0) is 22.4 Å². The van der Waals surface area contributed by atoms with E-state index in [-0.39, 0.29) is 30.9 Å². The predicted molar refractivity (Wildman–Crippen MR) is 154 cm³/mol. The van der Waals surface area contributed by atoms with E-state index >= 15 is 0 Å². The van der Waals surface area contributed by atoms with Crippen LogP contribution in [0.2, 0.25) is 0 Å². The van der Waals surface area contributed by atoms with Crippen molar-refractivity contribution in [1.82, 2.24) is 20.4 Å². The van der Waals surface area contributed by atoms with Gasteiger partial charge in [0.1, 0.15) is 0 Å². The van der Waals surface area contributed by atoms with Gasteiger partial charge in [-0.1, -0.05) is 49.3 Å². The summed E-state index contributed by atoms with van der Waals surface area (Å²) < 4.78 is 5.17. The van der Waals surface area contributed by atoms with Crippen LogP contribution in [0, 0.1) is 26.7 Å². The lowest BCUT2D eigenvalue weighted by Gasteiger charge is -2.30. The van der Waals surface area contributed by atoms with E-state index in [2.05, 4.69) is 54.4 Å². The minimum atomic E-state index is -0.0988. The molecule has 1 atom stereocenters. The van der Waals surface area contributed by atoms with Crippen molar-refractivity contribution >= 4 is 17.5 Å². The molecule has 4 rings (SSSR count). The lowest BCUT2D eigenvalue weighted by Crippen LogP contribution is -2.47. The Labute approximate surface area is 231 Å². The van der Waals surface area contributed by atoms with Gasteiger partial charge in [-0.25, -0.2) is 0 Å². The van der Waals surface area contributed by atoms with Crippen LogP contribution >= 0.6 is 0 Å². The fraction of sp³-hybridized carbons (Fsp3) is 0.484. The smallest absolute Gasteiger partial charge is 0.242 e. The highest BCUT2D eigenvalue weighted by molar-refractivity contribution is 5.87. The molecule has 1 N–H and O–H groups in total. The van der Waals surface area contributed by atoms with Crippen molar-refractivity contribution in [3.63, 3.8) is 0 Å². The van der Waals surface area contributed by atoms with Crippen molar-refractivity contribution in [2.24, 2.45) is 5.92 Å². The van der Waals surface area contributed by atoms with Gasteiger partial charge in [-0.05, 0) is 73.8 Å². The van der Waals surface area contributed by atoms with E-state index in [9.17, 15) is 9.59 Å². The number of anilines is 1. The molecule has 1 aromatic heterocycles. The molecule has 0 spiro atoms. The van der Waals surface area contributed by atoms with E-state index in [1.807, 2.05) is 42.0 Å². The summed E-state index contributed by atoms with van der Waals surface area (Å²) in [5.41, 5.74) is 6.48. The maximum absolute atomic E-state index is 13.6. The average Bonchev–Trinajstić information content (AvgIpc) is 3.53. The summed E-state index contributed by atoms with van der Waals surface area (Å²) in [6, 6.07) is 12.3. The zero-order chi connectivity index (χ0) is 28.1. The molecule has 8 heteroatoms. The summed E-state index contributed by atoms with van der Waals surface area (Å²) in [6.07, 6.45) is 3.69. The summed E-state index contributed by atoms with van der Waals surface area (Å²) in [7, 11) is 1.88. The molecule has 0 saturated carbocycles. The molecule has 1 aliphatic rings. The number of rotatable bonds is 11. The molecule has 0 aliphatic heterocycles. The number of aryl methyl sites for hydroxylation is 3. The van der Waals surface area contributed by atoms with Gasteiger partial charge in [0.25, 0.3) is 0 Å². The van der Waals surface area contributed by atoms with Crippen molar-refractivity contribution in [2.75, 3.05) is 31.6 Å². The molecule has 2 aromatic carbocycles. The van der Waals surface area contributed by atoms with Crippen molar-refractivity contribution in [1.29, 1.82) is 0 Å². The Morgan fingerprint density at radius 1 is 1.08 bits per heavy atom. The SMILES string of the molecule is Cc1nc(-c2ccc(C)c(N(CC(=O)NCCCC(C)C)CC(=O)N(C)C3Cc4cccc(C)c4C3)c2)no1. The highest BCUT2D eigenvalue weighted by Crippen LogP contribution is 2.29. The molecule has 1 heterocycles. The van der Waals surface area contributed by atoms with E-state index in [0.717, 1.165) is 42.5 Å². The van der Waals surface area contributed by atoms with Crippen LogP contribution < -0.4 is 10.2 Å². The predicted octanol–water partition coefficient (Wildman–Crippen LogP) is 4.65. The van der Waals surface area contributed by atoms with Gasteiger partial charge in [0.05, 0.1) is 13.1 Å². The summed E-state index contributed by atoms with van der Waals surface area (Å²) in [6.45, 7) is 11.0. The molecule has 208 valence electrons. The lowest BCUT2D eigenvalue weighted by molar-refractivity contribution is -0.130. The van der Waals surface area contributed by atoms with Crippen molar-refractivity contribution in [3.8, 4) is 11.4 Å². The molecule has 1 unspecified atom stereocenters. The van der Waals surface area contributed by atoms with Crippen molar-refractivity contribution in [3.05, 3.63) is 64.5 Å². The Hall–Kier alpha value is -3.68. The molecular weight excluding hydrogens is 490 g/mol. The zero-order valence-corrected chi connectivity index (χ0v) is 24.1. The third-order valence-corrected chi connectivity index (χ3v) is 7.62. The Kier molecular flexibility index (Phi) is 9.04. The second-order valence-corrected chi connectivity index (χ2v) is 11.2. The highest BCUT2D eigenvalue weighted by Gasteiger charge is 2.30. The van der Waals surface area contributed by atoms with Crippen LogP contribution in [0.5, 0.6) is 0 Å². The number of nitrogens with one attached hydrogen (secondary N) is 1. The first-order valence-electron chi connectivity index (χ1n) is 13.9. The van der Waals surface area contributed by atoms with Gasteiger partial charge in [0.2, 0.25) is 23.5 Å². The van der Waals surface area contributed by atoms with Gasteiger partial charge in [-0.15, -0.1) is 0 Å². The van der Waals surface area contributed by atoms with Gasteiger partial charge < -0.3 is 19.6 Å². The van der Waals surface area contributed by atoms with E-state index in [1.165, 1.54) is 16.7 Å². The summed E-state index contributed by atoms with van der Waals surface area (Å²) in [4.78, 5) is 34.7. The molecule has 39 heavy (non-hydrogen) atoms. The fourth-order valence-electron chi connectivity index (χ4n) is 5.26. The number of carbonyl (C=O) groups is 2. The Bertz CT molecular complexity index is 1320. The number of aromatic nitrogens is 2. The van der Waals surface area contributed by atoms with Gasteiger partial charge in [0, 0.05) is 37.8 Å². The topological polar surface area (TPSA) is 91.6 Å². The van der Waals surface area contributed by atoms with Crippen LogP contribution in [0.3, 0.4) is 0 Å². The first-order chi connectivity index (χ1) is 18.6. The molecule has 0 saturated heterocycles. The minimum absolute atomic E-state index is 0.0155. The number of fused-ring (bicyclic) bond motifs is 1. The second kappa shape index (κ2) is 12.5. The van der Waals surface area contributed by atoms with Crippen molar-refractivity contribution < 1.29 is 14.1 Å². The number of hydrogen-bond donors (Lipinski definition) is 1. The second-order valence-electron chi connectivity index (χ2n) is 11.2. The Morgan fingerprint density at radius 3 is 2.56 bits per heavy atom. The standard InChI is InChI=1S/C31H41N5O3/c1-20(2)9-8-14-32-29(37)18-36(28-16-25(13-12-22(28)4)31-33-23(5)39-34-31)19-30(38)35(6)26-15-24-11-7-10-21(3)27(24)17-26/h7,10-13,16,20,26H,8-9,14-15,17-19H2,1-6H3,(H,32,37). The van der Waals surface area contributed by atoms with Gasteiger partial charge >= 0.3 is 0 Å². The average molecular weight is 532 g/mol. The van der Waals surface area contributed by atoms with E-state index in [1.54, 1.807) is 6.92 Å². The highest BCUT2D eigenvalue weighted by atomic mass is 16.5. The summed E-state index contributed by atoms with van der Waals surface area (Å²) in [5.74, 6) is 1.44. The quantitative estimate of drug-likeness (QED) is 0.362. The first kappa shape index (κ1) is 28.3. The molecular formula is C31H41N5O3. The van der Waals surface area contributed by atoms with E-state index in [0.29, 0.717) is 24.2 Å². The maximum Gasteiger partial charge on any atom is 0.242 e. The molecule has 3 aromatic rings. The van der Waals surface area contributed by atoms with Crippen LogP contribution in [0.15, 0.2) is 40.9 Å². The third-order valence-electron chi connectivity index (χ3n) is 7.62. The number of hydrogen-bond acceptors (Lipinski definition) is 6. The molecule has 0 fully saturated rings. The Morgan fingerprint density at radius 2 is 1.87 bits per heavy atom. The largest absolute Gasteiger partial charge is 0.355 e. The summed E-state index contributed by atoms with van der Waals surface area (Å²) in [5, 5.41) is 7.09. The molecule has 8 nitrogen and oxygen atoms in total. The fourth-order valence-corrected chi connectivity index (χ4v) is 5.26. The maximum atomic E-state index is 13.6. The zero-order valence-electron chi connectivity index (χ0n) is 24.1. The number of amides is 2. The van der Waals surface area contributed by atoms with E-state index in [4.69, 9.17) is 4.52 Å². The molecule has 2 amide bonds.